The molecule has 0 saturated carbocycles. The minimum absolute atomic E-state index is 0.251. The quantitative estimate of drug-likeness (QED) is 0.810. The molecule has 5 heteroatoms. The van der Waals surface area contributed by atoms with Gasteiger partial charge < -0.3 is 4.90 Å². The highest BCUT2D eigenvalue weighted by molar-refractivity contribution is 7.99. The van der Waals surface area contributed by atoms with Crippen LogP contribution >= 0.6 is 35.0 Å². The molecule has 1 saturated heterocycles. The Bertz CT molecular complexity index is 481. The molecule has 1 atom stereocenters. The lowest BCUT2D eigenvalue weighted by molar-refractivity contribution is -0.130. The van der Waals surface area contributed by atoms with E-state index in [2.05, 4.69) is 6.92 Å². The molecule has 1 aromatic rings. The number of carbonyl (C=O) groups excluding carboxylic acids is 1. The van der Waals surface area contributed by atoms with E-state index in [0.717, 1.165) is 30.8 Å². The van der Waals surface area contributed by atoms with Gasteiger partial charge in [-0.15, -0.1) is 11.8 Å². The molecule has 2 rings (SSSR count). The van der Waals surface area contributed by atoms with Crippen molar-refractivity contribution in [1.29, 1.82) is 0 Å². The number of rotatable bonds is 4. The molecule has 1 fully saturated rings. The number of benzene rings is 1. The van der Waals surface area contributed by atoms with Crippen LogP contribution in [0.5, 0.6) is 0 Å². The summed E-state index contributed by atoms with van der Waals surface area (Å²) >= 11 is 13.5. The minimum Gasteiger partial charge on any atom is -0.342 e. The van der Waals surface area contributed by atoms with Crippen LogP contribution in [0, 0.1) is 5.92 Å². The molecule has 20 heavy (non-hydrogen) atoms. The molecule has 0 N–H and O–H groups in total. The third kappa shape index (κ3) is 4.57. The fourth-order valence-electron chi connectivity index (χ4n) is 2.39. The molecule has 0 unspecified atom stereocenters. The summed E-state index contributed by atoms with van der Waals surface area (Å²) in [6, 6.07) is 5.62. The molecule has 1 heterocycles. The number of halogens is 2. The van der Waals surface area contributed by atoms with Gasteiger partial charge in [-0.25, -0.2) is 0 Å². The van der Waals surface area contributed by atoms with E-state index in [4.69, 9.17) is 23.2 Å². The number of amides is 1. The van der Waals surface area contributed by atoms with Crippen LogP contribution in [0.1, 0.15) is 25.3 Å². The van der Waals surface area contributed by atoms with Gasteiger partial charge in [0.2, 0.25) is 5.91 Å². The first kappa shape index (κ1) is 16.0. The van der Waals surface area contributed by atoms with E-state index in [-0.39, 0.29) is 5.91 Å². The van der Waals surface area contributed by atoms with E-state index in [1.54, 1.807) is 17.8 Å². The Balaban J connectivity index is 1.77. The molecule has 0 radical (unpaired) electrons. The molecule has 0 spiro atoms. The maximum absolute atomic E-state index is 12.1. The first-order valence-electron chi connectivity index (χ1n) is 6.85. The molecule has 1 aliphatic heterocycles. The Morgan fingerprint density at radius 1 is 1.40 bits per heavy atom. The van der Waals surface area contributed by atoms with Gasteiger partial charge in [0.25, 0.3) is 0 Å². The van der Waals surface area contributed by atoms with Crippen molar-refractivity contribution in [3.8, 4) is 0 Å². The lowest BCUT2D eigenvalue weighted by Crippen LogP contribution is -2.40. The molecule has 110 valence electrons. The van der Waals surface area contributed by atoms with Gasteiger partial charge in [-0.1, -0.05) is 36.2 Å². The highest BCUT2D eigenvalue weighted by Crippen LogP contribution is 2.25. The summed E-state index contributed by atoms with van der Waals surface area (Å²) in [5, 5.41) is 1.14. The van der Waals surface area contributed by atoms with Crippen LogP contribution in [0.3, 0.4) is 0 Å². The van der Waals surface area contributed by atoms with Crippen LogP contribution in [0.2, 0.25) is 10.0 Å². The van der Waals surface area contributed by atoms with Crippen molar-refractivity contribution >= 4 is 40.9 Å². The van der Waals surface area contributed by atoms with Crippen molar-refractivity contribution in [2.24, 2.45) is 5.92 Å². The topological polar surface area (TPSA) is 20.3 Å². The molecule has 0 aromatic heterocycles. The van der Waals surface area contributed by atoms with Gasteiger partial charge in [0.05, 0.1) is 15.8 Å². The van der Waals surface area contributed by atoms with Gasteiger partial charge in [0.1, 0.15) is 0 Å². The molecule has 1 aromatic carbocycles. The highest BCUT2D eigenvalue weighted by Gasteiger charge is 2.20. The summed E-state index contributed by atoms with van der Waals surface area (Å²) in [6.07, 6.45) is 2.37. The van der Waals surface area contributed by atoms with Crippen LogP contribution in [0.25, 0.3) is 0 Å². The van der Waals surface area contributed by atoms with Gasteiger partial charge in [-0.3, -0.25) is 4.79 Å². The fourth-order valence-corrected chi connectivity index (χ4v) is 3.59. The van der Waals surface area contributed by atoms with Gasteiger partial charge in [-0.2, -0.15) is 0 Å². The molecule has 1 aliphatic rings. The van der Waals surface area contributed by atoms with Crippen molar-refractivity contribution in [3.05, 3.63) is 33.8 Å². The summed E-state index contributed by atoms with van der Waals surface area (Å²) in [5.41, 5.74) is 1.10. The minimum atomic E-state index is 0.251. The van der Waals surface area contributed by atoms with Crippen molar-refractivity contribution in [2.75, 3.05) is 18.8 Å². The average Bonchev–Trinajstić information content (AvgIpc) is 2.42. The second kappa shape index (κ2) is 7.58. The second-order valence-electron chi connectivity index (χ2n) is 5.33. The predicted octanol–water partition coefficient (Wildman–Crippen LogP) is 4.49. The van der Waals surface area contributed by atoms with Crippen LogP contribution in [0.4, 0.5) is 0 Å². The van der Waals surface area contributed by atoms with Crippen LogP contribution < -0.4 is 0 Å². The maximum atomic E-state index is 12.1. The molecule has 0 bridgehead atoms. The molecule has 1 amide bonds. The van der Waals surface area contributed by atoms with Crippen molar-refractivity contribution in [1.82, 2.24) is 4.90 Å². The zero-order chi connectivity index (χ0) is 14.5. The Morgan fingerprint density at radius 2 is 2.20 bits per heavy atom. The van der Waals surface area contributed by atoms with Crippen molar-refractivity contribution in [3.63, 3.8) is 0 Å². The first-order chi connectivity index (χ1) is 9.56. The number of piperidine rings is 1. The van der Waals surface area contributed by atoms with Crippen molar-refractivity contribution < 1.29 is 4.79 Å². The van der Waals surface area contributed by atoms with E-state index in [0.29, 0.717) is 21.7 Å². The standard InChI is InChI=1S/C15H19Cl2NOS/c1-11-3-2-6-18(8-11)15(19)10-20-9-12-4-5-13(16)14(17)7-12/h4-5,7,11H,2-3,6,8-10H2,1H3/t11-/m1/s1. The number of likely N-dealkylation sites (tertiary alicyclic amines) is 1. The summed E-state index contributed by atoms with van der Waals surface area (Å²) in [5.74, 6) is 2.20. The molecule has 2 nitrogen and oxygen atoms in total. The van der Waals surface area contributed by atoms with Crippen LogP contribution in [-0.2, 0) is 10.5 Å². The first-order valence-corrected chi connectivity index (χ1v) is 8.77. The molecular weight excluding hydrogens is 313 g/mol. The lowest BCUT2D eigenvalue weighted by atomic mass is 10.0. The zero-order valence-electron chi connectivity index (χ0n) is 11.6. The Morgan fingerprint density at radius 3 is 2.90 bits per heavy atom. The van der Waals surface area contributed by atoms with Gasteiger partial charge in [0, 0.05) is 18.8 Å². The predicted molar refractivity (Wildman–Crippen MR) is 87.6 cm³/mol. The Hall–Kier alpha value is -0.380. The summed E-state index contributed by atoms with van der Waals surface area (Å²) in [6.45, 7) is 4.03. The second-order valence-corrected chi connectivity index (χ2v) is 7.13. The molecular formula is C15H19Cl2NOS. The Kier molecular flexibility index (Phi) is 6.06. The largest absolute Gasteiger partial charge is 0.342 e. The van der Waals surface area contributed by atoms with E-state index in [1.807, 2.05) is 17.0 Å². The summed E-state index contributed by atoms with van der Waals surface area (Å²) in [7, 11) is 0. The number of thioether (sulfide) groups is 1. The lowest BCUT2D eigenvalue weighted by Gasteiger charge is -2.30. The number of nitrogens with zero attached hydrogens (tertiary/aromatic N) is 1. The SMILES string of the molecule is C[C@@H]1CCCN(C(=O)CSCc2ccc(Cl)c(Cl)c2)C1. The smallest absolute Gasteiger partial charge is 0.232 e. The highest BCUT2D eigenvalue weighted by atomic mass is 35.5. The van der Waals surface area contributed by atoms with Crippen molar-refractivity contribution in [2.45, 2.75) is 25.5 Å². The number of carbonyl (C=O) groups is 1. The monoisotopic (exact) mass is 331 g/mol. The van der Waals surface area contributed by atoms with E-state index < -0.39 is 0 Å². The number of hydrogen-bond donors (Lipinski definition) is 0. The summed E-state index contributed by atoms with van der Waals surface area (Å²) < 4.78 is 0. The van der Waals surface area contributed by atoms with Crippen LogP contribution in [-0.4, -0.2) is 29.6 Å². The molecule has 0 aliphatic carbocycles. The fraction of sp³-hybridized carbons (Fsp3) is 0.533. The van der Waals surface area contributed by atoms with E-state index in [9.17, 15) is 4.79 Å². The maximum Gasteiger partial charge on any atom is 0.232 e. The van der Waals surface area contributed by atoms with Crippen LogP contribution in [0.15, 0.2) is 18.2 Å². The third-order valence-corrected chi connectivity index (χ3v) is 5.22. The number of hydrogen-bond acceptors (Lipinski definition) is 2. The van der Waals surface area contributed by atoms with Gasteiger partial charge >= 0.3 is 0 Å². The zero-order valence-corrected chi connectivity index (χ0v) is 13.9. The third-order valence-electron chi connectivity index (χ3n) is 3.49. The van der Waals surface area contributed by atoms with Gasteiger partial charge in [0.15, 0.2) is 0 Å². The Labute approximate surface area is 134 Å². The van der Waals surface area contributed by atoms with E-state index >= 15 is 0 Å². The summed E-state index contributed by atoms with van der Waals surface area (Å²) in [4.78, 5) is 14.1. The normalized spacial score (nSPS) is 19.1. The van der Waals surface area contributed by atoms with Gasteiger partial charge in [-0.05, 0) is 36.5 Å². The van der Waals surface area contributed by atoms with E-state index in [1.165, 1.54) is 6.42 Å². The average molecular weight is 332 g/mol.